The van der Waals surface area contributed by atoms with Crippen molar-refractivity contribution in [2.24, 2.45) is 17.8 Å². The van der Waals surface area contributed by atoms with Crippen LogP contribution in [-0.4, -0.2) is 12.1 Å². The molecule has 0 spiro atoms. The number of carbonyl (C=O) groups excluding carboxylic acids is 1. The summed E-state index contributed by atoms with van der Waals surface area (Å²) in [7, 11) is 0. The van der Waals surface area contributed by atoms with Crippen LogP contribution in [0.4, 0.5) is 0 Å². The lowest BCUT2D eigenvalue weighted by atomic mass is 9.75. The first kappa shape index (κ1) is 13.3. The summed E-state index contributed by atoms with van der Waals surface area (Å²) in [4.78, 5) is 11.6. The zero-order chi connectivity index (χ0) is 12.3. The zero-order valence-corrected chi connectivity index (χ0v) is 11.0. The van der Waals surface area contributed by atoms with Crippen LogP contribution in [0, 0.1) is 17.8 Å². The Bertz CT molecular complexity index is 268. The third-order valence-electron chi connectivity index (χ3n) is 3.57. The summed E-state index contributed by atoms with van der Waals surface area (Å²) in [6.45, 7) is 12.0. The lowest BCUT2D eigenvalue weighted by Crippen LogP contribution is -2.35. The fraction of sp³-hybridized carbons (Fsp3) is 0.786. The monoisotopic (exact) mass is 224 g/mol. The van der Waals surface area contributed by atoms with Crippen molar-refractivity contribution in [3.63, 3.8) is 0 Å². The highest BCUT2D eigenvalue weighted by Crippen LogP contribution is 2.35. The van der Waals surface area contributed by atoms with Gasteiger partial charge in [0.15, 0.2) is 0 Å². The maximum atomic E-state index is 11.6. The minimum absolute atomic E-state index is 0.0907. The van der Waals surface area contributed by atoms with Crippen molar-refractivity contribution in [1.29, 1.82) is 0 Å². The van der Waals surface area contributed by atoms with E-state index in [1.165, 1.54) is 12.8 Å². The van der Waals surface area contributed by atoms with E-state index in [0.29, 0.717) is 23.3 Å². The number of hydrogen-bond donors (Lipinski definition) is 0. The minimum Gasteiger partial charge on any atom is -0.459 e. The molecule has 2 nitrogen and oxygen atoms in total. The van der Waals surface area contributed by atoms with Crippen molar-refractivity contribution in [1.82, 2.24) is 0 Å². The van der Waals surface area contributed by atoms with Gasteiger partial charge in [0, 0.05) is 5.57 Å². The van der Waals surface area contributed by atoms with Gasteiger partial charge in [0.25, 0.3) is 0 Å². The van der Waals surface area contributed by atoms with E-state index in [-0.39, 0.29) is 12.1 Å². The molecule has 0 amide bonds. The van der Waals surface area contributed by atoms with E-state index in [9.17, 15) is 4.79 Å². The highest BCUT2D eigenvalue weighted by Gasteiger charge is 2.33. The van der Waals surface area contributed by atoms with Gasteiger partial charge >= 0.3 is 5.97 Å². The van der Waals surface area contributed by atoms with E-state index in [1.54, 1.807) is 6.92 Å². The number of rotatable bonds is 3. The molecule has 1 fully saturated rings. The molecule has 0 aliphatic heterocycles. The van der Waals surface area contributed by atoms with Crippen LogP contribution in [0.2, 0.25) is 0 Å². The predicted octanol–water partition coefficient (Wildman–Crippen LogP) is 3.57. The summed E-state index contributed by atoms with van der Waals surface area (Å²) in [6.07, 6.45) is 3.52. The van der Waals surface area contributed by atoms with Crippen LogP contribution in [0.5, 0.6) is 0 Å². The lowest BCUT2D eigenvalue weighted by Gasteiger charge is -2.36. The second-order valence-corrected chi connectivity index (χ2v) is 5.55. The van der Waals surface area contributed by atoms with Gasteiger partial charge in [-0.2, -0.15) is 0 Å². The summed E-state index contributed by atoms with van der Waals surface area (Å²) in [5.74, 6) is 1.53. The highest BCUT2D eigenvalue weighted by molar-refractivity contribution is 5.87. The Morgan fingerprint density at radius 1 is 1.38 bits per heavy atom. The third kappa shape index (κ3) is 3.36. The maximum absolute atomic E-state index is 11.6. The van der Waals surface area contributed by atoms with Crippen molar-refractivity contribution in [3.05, 3.63) is 12.2 Å². The average molecular weight is 224 g/mol. The molecule has 0 unspecified atom stereocenters. The van der Waals surface area contributed by atoms with Crippen molar-refractivity contribution in [2.45, 2.75) is 53.1 Å². The molecule has 0 aromatic heterocycles. The van der Waals surface area contributed by atoms with E-state index < -0.39 is 0 Å². The van der Waals surface area contributed by atoms with E-state index in [0.717, 1.165) is 6.42 Å². The molecule has 1 aliphatic carbocycles. The fourth-order valence-electron chi connectivity index (χ4n) is 2.49. The molecule has 0 heterocycles. The van der Waals surface area contributed by atoms with Crippen LogP contribution < -0.4 is 0 Å². The largest absolute Gasteiger partial charge is 0.459 e. The molecule has 1 aliphatic rings. The second kappa shape index (κ2) is 5.51. The molecular weight excluding hydrogens is 200 g/mol. The molecule has 3 atom stereocenters. The summed E-state index contributed by atoms with van der Waals surface area (Å²) in [5.41, 5.74) is 0.501. The van der Waals surface area contributed by atoms with Gasteiger partial charge in [-0.05, 0) is 37.5 Å². The van der Waals surface area contributed by atoms with E-state index >= 15 is 0 Å². The first-order valence-electron chi connectivity index (χ1n) is 6.28. The van der Waals surface area contributed by atoms with Gasteiger partial charge in [-0.3, -0.25) is 0 Å². The van der Waals surface area contributed by atoms with Crippen LogP contribution >= 0.6 is 0 Å². The average Bonchev–Trinajstić information content (AvgIpc) is 2.16. The summed E-state index contributed by atoms with van der Waals surface area (Å²) in [5, 5.41) is 0. The quantitative estimate of drug-likeness (QED) is 0.541. The van der Waals surface area contributed by atoms with Crippen LogP contribution in [0.1, 0.15) is 47.0 Å². The topological polar surface area (TPSA) is 26.3 Å². The Kier molecular flexibility index (Phi) is 4.57. The second-order valence-electron chi connectivity index (χ2n) is 5.55. The Hall–Kier alpha value is -0.790. The Balaban J connectivity index is 2.64. The predicted molar refractivity (Wildman–Crippen MR) is 66.0 cm³/mol. The molecule has 0 saturated heterocycles. The smallest absolute Gasteiger partial charge is 0.333 e. The summed E-state index contributed by atoms with van der Waals surface area (Å²) in [6, 6.07) is 0. The van der Waals surface area contributed by atoms with Crippen LogP contribution in [0.3, 0.4) is 0 Å². The van der Waals surface area contributed by atoms with Gasteiger partial charge in [0.2, 0.25) is 0 Å². The molecule has 0 radical (unpaired) electrons. The molecule has 2 heteroatoms. The number of carbonyl (C=O) groups is 1. The van der Waals surface area contributed by atoms with E-state index in [1.807, 2.05) is 0 Å². The molecule has 0 aromatic rings. The van der Waals surface area contributed by atoms with Crippen molar-refractivity contribution >= 4 is 5.97 Å². The molecule has 1 saturated carbocycles. The van der Waals surface area contributed by atoms with Crippen LogP contribution in [0.15, 0.2) is 12.2 Å². The highest BCUT2D eigenvalue weighted by atomic mass is 16.5. The SMILES string of the molecule is C=C(C)C(=O)O[C@H]1C[C@@H](C)CC[C@@H]1C(C)C. The Morgan fingerprint density at radius 2 is 2.00 bits per heavy atom. The van der Waals surface area contributed by atoms with Crippen molar-refractivity contribution in [2.75, 3.05) is 0 Å². The first-order valence-corrected chi connectivity index (χ1v) is 6.28. The first-order chi connectivity index (χ1) is 7.41. The van der Waals surface area contributed by atoms with Gasteiger partial charge in [-0.25, -0.2) is 4.79 Å². The third-order valence-corrected chi connectivity index (χ3v) is 3.57. The van der Waals surface area contributed by atoms with E-state index in [2.05, 4.69) is 27.4 Å². The molecule has 16 heavy (non-hydrogen) atoms. The van der Waals surface area contributed by atoms with Gasteiger partial charge in [0.1, 0.15) is 6.10 Å². The molecule has 0 N–H and O–H groups in total. The molecule has 1 rings (SSSR count). The van der Waals surface area contributed by atoms with Crippen molar-refractivity contribution < 1.29 is 9.53 Å². The number of esters is 1. The van der Waals surface area contributed by atoms with Crippen molar-refractivity contribution in [3.8, 4) is 0 Å². The lowest BCUT2D eigenvalue weighted by molar-refractivity contribution is -0.150. The molecule has 0 bridgehead atoms. The Morgan fingerprint density at radius 3 is 2.50 bits per heavy atom. The van der Waals surface area contributed by atoms with Gasteiger partial charge in [-0.15, -0.1) is 0 Å². The van der Waals surface area contributed by atoms with Gasteiger partial charge in [-0.1, -0.05) is 33.8 Å². The minimum atomic E-state index is -0.232. The Labute approximate surface area is 99.1 Å². The standard InChI is InChI=1S/C14H24O2/c1-9(2)12-7-6-11(5)8-13(12)16-14(15)10(3)4/h9,11-13H,3,6-8H2,1-2,4-5H3/t11-,12+,13-/m0/s1. The number of ether oxygens (including phenoxy) is 1. The molecular formula is C14H24O2. The van der Waals surface area contributed by atoms with E-state index in [4.69, 9.17) is 4.74 Å². The summed E-state index contributed by atoms with van der Waals surface area (Å²) < 4.78 is 5.56. The maximum Gasteiger partial charge on any atom is 0.333 e. The molecule has 0 aromatic carbocycles. The zero-order valence-electron chi connectivity index (χ0n) is 11.0. The van der Waals surface area contributed by atoms with Crippen LogP contribution in [0.25, 0.3) is 0 Å². The fourth-order valence-corrected chi connectivity index (χ4v) is 2.49. The van der Waals surface area contributed by atoms with Gasteiger partial charge in [0.05, 0.1) is 0 Å². The summed E-state index contributed by atoms with van der Waals surface area (Å²) >= 11 is 0. The van der Waals surface area contributed by atoms with Crippen LogP contribution in [-0.2, 0) is 9.53 Å². The van der Waals surface area contributed by atoms with Gasteiger partial charge < -0.3 is 4.74 Å². The number of hydrogen-bond acceptors (Lipinski definition) is 2. The normalized spacial score (nSPS) is 30.2. The molecule has 92 valence electrons.